The van der Waals surface area contributed by atoms with Gasteiger partial charge < -0.3 is 0 Å². The quantitative estimate of drug-likeness (QED) is 0.795. The highest BCUT2D eigenvalue weighted by atomic mass is 32.3. The molecule has 2 aromatic rings. The maximum atomic E-state index is 10.4. The molecule has 4 heteroatoms. The number of aryl methyl sites for hydroxylation is 2. The molecule has 1 heterocycles. The van der Waals surface area contributed by atoms with Gasteiger partial charge in [0.1, 0.15) is 0 Å². The average molecular weight is 306 g/mol. The third-order valence-electron chi connectivity index (χ3n) is 3.57. The van der Waals surface area contributed by atoms with Crippen molar-refractivity contribution >= 4 is 22.4 Å². The monoisotopic (exact) mass is 306 g/mol. The zero-order chi connectivity index (χ0) is 14.3. The van der Waals surface area contributed by atoms with E-state index in [9.17, 15) is 9.11 Å². The maximum absolute atomic E-state index is 10.4. The van der Waals surface area contributed by atoms with E-state index in [4.69, 9.17) is 0 Å². The van der Waals surface area contributed by atoms with Crippen molar-refractivity contribution in [2.24, 2.45) is 0 Å². The van der Waals surface area contributed by atoms with Crippen LogP contribution in [0.15, 0.2) is 52.3 Å². The van der Waals surface area contributed by atoms with Crippen LogP contribution < -0.4 is 0 Å². The first-order valence-electron chi connectivity index (χ1n) is 6.56. The molecule has 1 unspecified atom stereocenters. The molecule has 0 amide bonds. The van der Waals surface area contributed by atoms with E-state index in [-0.39, 0.29) is 5.25 Å². The predicted molar refractivity (Wildman–Crippen MR) is 86.9 cm³/mol. The van der Waals surface area contributed by atoms with Crippen LogP contribution in [0.1, 0.15) is 21.9 Å². The Morgan fingerprint density at radius 3 is 2.50 bits per heavy atom. The molecular formula is C16H18O2S2. The lowest BCUT2D eigenvalue weighted by Gasteiger charge is -2.28. The van der Waals surface area contributed by atoms with E-state index >= 15 is 0 Å². The van der Waals surface area contributed by atoms with Crippen LogP contribution in [0.3, 0.4) is 0 Å². The number of thioether (sulfide) groups is 1. The summed E-state index contributed by atoms with van der Waals surface area (Å²) in [4.78, 5) is 1.92. The van der Waals surface area contributed by atoms with Crippen LogP contribution >= 0.6 is 22.4 Å². The first-order valence-corrected chi connectivity index (χ1v) is 9.16. The summed E-state index contributed by atoms with van der Waals surface area (Å²) in [6, 6.07) is 14.2. The molecular weight excluding hydrogens is 288 g/mol. The molecule has 0 aliphatic carbocycles. The van der Waals surface area contributed by atoms with Gasteiger partial charge in [-0.2, -0.15) is 10.6 Å². The van der Waals surface area contributed by atoms with Crippen LogP contribution in [-0.2, 0) is 0 Å². The summed E-state index contributed by atoms with van der Waals surface area (Å²) in [6.45, 7) is 4.06. The van der Waals surface area contributed by atoms with Crippen LogP contribution in [-0.4, -0.2) is 14.9 Å². The summed E-state index contributed by atoms with van der Waals surface area (Å²) in [5, 5.41) is 0.123. The van der Waals surface area contributed by atoms with Crippen molar-refractivity contribution < 1.29 is 9.11 Å². The van der Waals surface area contributed by atoms with Gasteiger partial charge >= 0.3 is 0 Å². The van der Waals surface area contributed by atoms with Gasteiger partial charge in [0.05, 0.1) is 15.9 Å². The van der Waals surface area contributed by atoms with Crippen LogP contribution in [0.25, 0.3) is 0 Å². The molecule has 0 fully saturated rings. The molecule has 0 bridgehead atoms. The minimum absolute atomic E-state index is 0.123. The molecule has 0 aromatic heterocycles. The van der Waals surface area contributed by atoms with E-state index in [1.165, 1.54) is 4.90 Å². The normalized spacial score (nSPS) is 21.5. The molecule has 0 saturated carbocycles. The predicted octanol–water partition coefficient (Wildman–Crippen LogP) is 5.26. The summed E-state index contributed by atoms with van der Waals surface area (Å²) in [7, 11) is -2.64. The molecule has 3 rings (SSSR count). The van der Waals surface area contributed by atoms with Crippen LogP contribution in [0.2, 0.25) is 0 Å². The minimum atomic E-state index is -2.64. The summed E-state index contributed by atoms with van der Waals surface area (Å²) >= 11 is 1.72. The third kappa shape index (κ3) is 2.49. The molecule has 0 saturated heterocycles. The Morgan fingerprint density at radius 1 is 1.10 bits per heavy atom. The van der Waals surface area contributed by atoms with Crippen LogP contribution in [0, 0.1) is 13.8 Å². The molecule has 106 valence electrons. The fourth-order valence-electron chi connectivity index (χ4n) is 2.76. The fourth-order valence-corrected chi connectivity index (χ4v) is 6.55. The first-order chi connectivity index (χ1) is 9.47. The molecule has 2 N–H and O–H groups in total. The van der Waals surface area contributed by atoms with Crippen molar-refractivity contribution in [3.8, 4) is 0 Å². The third-order valence-corrected chi connectivity index (χ3v) is 6.86. The zero-order valence-electron chi connectivity index (χ0n) is 11.5. The topological polar surface area (TPSA) is 40.5 Å². The number of benzene rings is 2. The van der Waals surface area contributed by atoms with E-state index in [2.05, 4.69) is 25.1 Å². The van der Waals surface area contributed by atoms with E-state index in [0.29, 0.717) is 5.75 Å². The van der Waals surface area contributed by atoms with Crippen LogP contribution in [0.5, 0.6) is 0 Å². The highest BCUT2D eigenvalue weighted by molar-refractivity contribution is 8.25. The van der Waals surface area contributed by atoms with Gasteiger partial charge in [-0.1, -0.05) is 24.3 Å². The molecule has 0 radical (unpaired) electrons. The Bertz CT molecular complexity index is 638. The van der Waals surface area contributed by atoms with Gasteiger partial charge in [0.25, 0.3) is 0 Å². The summed E-state index contributed by atoms with van der Waals surface area (Å²) < 4.78 is 20.7. The zero-order valence-corrected chi connectivity index (χ0v) is 13.2. The Labute approximate surface area is 125 Å². The molecule has 0 spiro atoms. The maximum Gasteiger partial charge on any atom is 0.0633 e. The van der Waals surface area contributed by atoms with Gasteiger partial charge in [-0.05, 0) is 48.7 Å². The first kappa shape index (κ1) is 14.0. The second-order valence-corrected chi connectivity index (χ2v) is 8.63. The highest BCUT2D eigenvalue weighted by Gasteiger charge is 2.36. The molecule has 1 atom stereocenters. The number of hydrogen-bond acceptors (Lipinski definition) is 3. The lowest BCUT2D eigenvalue weighted by molar-refractivity contribution is 0.492. The van der Waals surface area contributed by atoms with Crippen molar-refractivity contribution in [2.75, 3.05) is 5.75 Å². The Balaban J connectivity index is 2.02. The van der Waals surface area contributed by atoms with Crippen LogP contribution in [0.4, 0.5) is 0 Å². The van der Waals surface area contributed by atoms with E-state index in [1.54, 1.807) is 11.8 Å². The van der Waals surface area contributed by atoms with E-state index in [1.807, 2.05) is 31.2 Å². The Kier molecular flexibility index (Phi) is 3.58. The SMILES string of the molecule is Cc1cc(C)c2c(c1)S(O)(O)CC2Sc1ccccc1. The van der Waals surface area contributed by atoms with Crippen molar-refractivity contribution in [1.82, 2.24) is 0 Å². The van der Waals surface area contributed by atoms with Gasteiger partial charge in [0, 0.05) is 4.90 Å². The standard InChI is InChI=1S/C16H18O2S2/c1-11-8-12(2)16-14(10-20(17,18)15(16)9-11)19-13-6-4-3-5-7-13/h3-9,14,17-18H,10H2,1-2H3. The largest absolute Gasteiger partial charge is 0.295 e. The van der Waals surface area contributed by atoms with Crippen molar-refractivity contribution in [3.63, 3.8) is 0 Å². The molecule has 20 heavy (non-hydrogen) atoms. The molecule has 2 aromatic carbocycles. The van der Waals surface area contributed by atoms with E-state index < -0.39 is 10.6 Å². The molecule has 1 aliphatic rings. The van der Waals surface area contributed by atoms with Gasteiger partial charge in [-0.25, -0.2) is 0 Å². The fraction of sp³-hybridized carbons (Fsp3) is 0.250. The van der Waals surface area contributed by atoms with Crippen molar-refractivity contribution in [2.45, 2.75) is 28.9 Å². The van der Waals surface area contributed by atoms with E-state index in [0.717, 1.165) is 21.6 Å². The minimum Gasteiger partial charge on any atom is -0.295 e. The van der Waals surface area contributed by atoms with Gasteiger partial charge in [-0.15, -0.1) is 11.8 Å². The lowest BCUT2D eigenvalue weighted by atomic mass is 10.0. The molecule has 1 aliphatic heterocycles. The summed E-state index contributed by atoms with van der Waals surface area (Å²) in [5.41, 5.74) is 3.36. The van der Waals surface area contributed by atoms with Crippen molar-refractivity contribution in [3.05, 3.63) is 59.2 Å². The highest BCUT2D eigenvalue weighted by Crippen LogP contribution is 2.63. The van der Waals surface area contributed by atoms with Gasteiger partial charge in [0.2, 0.25) is 0 Å². The van der Waals surface area contributed by atoms with Gasteiger partial charge in [-0.3, -0.25) is 9.11 Å². The molecule has 2 nitrogen and oxygen atoms in total. The lowest BCUT2D eigenvalue weighted by Crippen LogP contribution is -1.98. The second-order valence-electron chi connectivity index (χ2n) is 5.25. The summed E-state index contributed by atoms with van der Waals surface area (Å²) in [6.07, 6.45) is 0. The van der Waals surface area contributed by atoms with Gasteiger partial charge in [0.15, 0.2) is 0 Å². The summed E-state index contributed by atoms with van der Waals surface area (Å²) in [5.74, 6) is 0.423. The van der Waals surface area contributed by atoms with Crippen molar-refractivity contribution in [1.29, 1.82) is 0 Å². The average Bonchev–Trinajstić information content (AvgIpc) is 2.62. The number of rotatable bonds is 2. The number of fused-ring (bicyclic) bond motifs is 1. The second kappa shape index (κ2) is 5.11. The Morgan fingerprint density at radius 2 is 1.80 bits per heavy atom. The smallest absolute Gasteiger partial charge is 0.0633 e. The Hall–Kier alpha value is -0.940. The number of hydrogen-bond donors (Lipinski definition) is 2.